The van der Waals surface area contributed by atoms with Crippen LogP contribution in [0.4, 0.5) is 11.5 Å². The van der Waals surface area contributed by atoms with Gasteiger partial charge in [-0.2, -0.15) is 0 Å². The molecule has 0 bridgehead atoms. The number of hydrogen-bond donors (Lipinski definition) is 0. The number of para-hydroxylation sites is 1. The minimum atomic E-state index is -0.420. The summed E-state index contributed by atoms with van der Waals surface area (Å²) in [5.74, 6) is 1.37. The molecular weight excluding hydrogens is 280 g/mol. The summed E-state index contributed by atoms with van der Waals surface area (Å²) in [6.45, 7) is 0. The summed E-state index contributed by atoms with van der Waals surface area (Å²) in [5.41, 5.74) is 1.64. The Morgan fingerprint density at radius 2 is 1.68 bits per heavy atom. The minimum Gasteiger partial charge on any atom is -0.362 e. The van der Waals surface area contributed by atoms with Gasteiger partial charge < -0.3 is 4.90 Å². The summed E-state index contributed by atoms with van der Waals surface area (Å²) < 4.78 is 0. The first-order valence-corrected chi connectivity index (χ1v) is 6.75. The van der Waals surface area contributed by atoms with Crippen molar-refractivity contribution in [3.63, 3.8) is 0 Å². The molecule has 0 spiro atoms. The third-order valence-corrected chi connectivity index (χ3v) is 3.34. The number of hydrogen-bond acceptors (Lipinski definition) is 5. The number of nitrogens with zero attached hydrogens (tertiary/aromatic N) is 4. The molecule has 110 valence electrons. The van der Waals surface area contributed by atoms with E-state index in [1.165, 1.54) is 12.1 Å². The Bertz CT molecular complexity index is 844. The quantitative estimate of drug-likeness (QED) is 0.547. The molecule has 0 fully saturated rings. The molecule has 0 saturated carbocycles. The molecule has 0 atom stereocenters. The first-order chi connectivity index (χ1) is 10.6. The predicted molar refractivity (Wildman–Crippen MR) is 86.0 cm³/mol. The molecular formula is C16H14N4O2. The molecule has 0 aliphatic rings. The van der Waals surface area contributed by atoms with E-state index < -0.39 is 4.92 Å². The average molecular weight is 294 g/mol. The Morgan fingerprint density at radius 3 is 2.32 bits per heavy atom. The predicted octanol–water partition coefficient (Wildman–Crippen LogP) is 3.27. The van der Waals surface area contributed by atoms with Crippen molar-refractivity contribution in [1.82, 2.24) is 9.97 Å². The maximum Gasteiger partial charge on any atom is 0.269 e. The van der Waals surface area contributed by atoms with Crippen molar-refractivity contribution in [2.24, 2.45) is 0 Å². The smallest absolute Gasteiger partial charge is 0.269 e. The standard InChI is InChI=1S/C16H14N4O2/c1-19(2)16-13-5-3-4-6-14(13)17-15(18-16)11-7-9-12(10-8-11)20(21)22/h3-10H,1-2H3. The molecule has 3 rings (SSSR count). The number of non-ortho nitro benzene ring substituents is 1. The summed E-state index contributed by atoms with van der Waals surface area (Å²) in [5, 5.41) is 11.7. The topological polar surface area (TPSA) is 72.2 Å². The minimum absolute atomic E-state index is 0.0531. The van der Waals surface area contributed by atoms with E-state index >= 15 is 0 Å². The van der Waals surface area contributed by atoms with Crippen molar-refractivity contribution in [2.75, 3.05) is 19.0 Å². The molecule has 1 heterocycles. The van der Waals surface area contributed by atoms with Crippen molar-refractivity contribution < 1.29 is 4.92 Å². The lowest BCUT2D eigenvalue weighted by Gasteiger charge is -2.15. The average Bonchev–Trinajstić information content (AvgIpc) is 2.53. The molecule has 2 aromatic carbocycles. The fraction of sp³-hybridized carbons (Fsp3) is 0.125. The van der Waals surface area contributed by atoms with E-state index in [9.17, 15) is 10.1 Å². The molecule has 3 aromatic rings. The number of benzene rings is 2. The molecule has 22 heavy (non-hydrogen) atoms. The van der Waals surface area contributed by atoms with Crippen LogP contribution < -0.4 is 4.90 Å². The first kappa shape index (κ1) is 13.9. The maximum absolute atomic E-state index is 10.7. The molecule has 0 radical (unpaired) electrons. The van der Waals surface area contributed by atoms with Crippen molar-refractivity contribution in [3.05, 3.63) is 58.6 Å². The van der Waals surface area contributed by atoms with E-state index in [-0.39, 0.29) is 5.69 Å². The van der Waals surface area contributed by atoms with Crippen LogP contribution in [0.5, 0.6) is 0 Å². The van der Waals surface area contributed by atoms with Gasteiger partial charge >= 0.3 is 0 Å². The van der Waals surface area contributed by atoms with E-state index in [1.54, 1.807) is 12.1 Å². The third-order valence-electron chi connectivity index (χ3n) is 3.34. The van der Waals surface area contributed by atoms with Crippen LogP contribution in [0, 0.1) is 10.1 Å². The van der Waals surface area contributed by atoms with Crippen molar-refractivity contribution in [1.29, 1.82) is 0 Å². The highest BCUT2D eigenvalue weighted by molar-refractivity contribution is 5.90. The van der Waals surface area contributed by atoms with Crippen molar-refractivity contribution >= 4 is 22.4 Å². The number of aromatic nitrogens is 2. The second-order valence-corrected chi connectivity index (χ2v) is 5.09. The van der Waals surface area contributed by atoms with E-state index in [2.05, 4.69) is 9.97 Å². The Hall–Kier alpha value is -3.02. The summed E-state index contributed by atoms with van der Waals surface area (Å²) >= 11 is 0. The van der Waals surface area contributed by atoms with Crippen LogP contribution in [-0.4, -0.2) is 29.0 Å². The van der Waals surface area contributed by atoms with Gasteiger partial charge in [-0.25, -0.2) is 9.97 Å². The van der Waals surface area contributed by atoms with Gasteiger partial charge in [-0.05, 0) is 24.3 Å². The second kappa shape index (κ2) is 5.40. The van der Waals surface area contributed by atoms with Crippen LogP contribution >= 0.6 is 0 Å². The molecule has 0 saturated heterocycles. The second-order valence-electron chi connectivity index (χ2n) is 5.09. The highest BCUT2D eigenvalue weighted by Crippen LogP contribution is 2.27. The molecule has 6 heteroatoms. The molecule has 1 aromatic heterocycles. The normalized spacial score (nSPS) is 10.6. The van der Waals surface area contributed by atoms with Gasteiger partial charge in [0.2, 0.25) is 0 Å². The van der Waals surface area contributed by atoms with Gasteiger partial charge in [-0.15, -0.1) is 0 Å². The lowest BCUT2D eigenvalue weighted by Crippen LogP contribution is -2.12. The number of rotatable bonds is 3. The largest absolute Gasteiger partial charge is 0.362 e. The summed E-state index contributed by atoms with van der Waals surface area (Å²) in [6, 6.07) is 14.0. The molecule has 0 aliphatic carbocycles. The molecule has 0 amide bonds. The Morgan fingerprint density at radius 1 is 1.00 bits per heavy atom. The zero-order chi connectivity index (χ0) is 15.7. The van der Waals surface area contributed by atoms with Gasteiger partial charge in [0.05, 0.1) is 10.4 Å². The summed E-state index contributed by atoms with van der Waals surface area (Å²) in [6.07, 6.45) is 0. The van der Waals surface area contributed by atoms with E-state index in [4.69, 9.17) is 0 Å². The number of nitro benzene ring substituents is 1. The Kier molecular flexibility index (Phi) is 3.42. The Labute approximate surface area is 127 Å². The molecule has 0 N–H and O–H groups in total. The van der Waals surface area contributed by atoms with E-state index in [1.807, 2.05) is 43.3 Å². The zero-order valence-corrected chi connectivity index (χ0v) is 12.2. The first-order valence-electron chi connectivity index (χ1n) is 6.75. The van der Waals surface area contributed by atoms with Gasteiger partial charge in [0.15, 0.2) is 5.82 Å². The number of nitro groups is 1. The maximum atomic E-state index is 10.7. The SMILES string of the molecule is CN(C)c1nc(-c2ccc([N+](=O)[O-])cc2)nc2ccccc12. The lowest BCUT2D eigenvalue weighted by molar-refractivity contribution is -0.384. The fourth-order valence-corrected chi connectivity index (χ4v) is 2.26. The molecule has 0 unspecified atom stereocenters. The van der Waals surface area contributed by atoms with Gasteiger partial charge in [-0.1, -0.05) is 12.1 Å². The fourth-order valence-electron chi connectivity index (χ4n) is 2.26. The van der Waals surface area contributed by atoms with Crippen molar-refractivity contribution in [2.45, 2.75) is 0 Å². The van der Waals surface area contributed by atoms with Crippen LogP contribution in [0.3, 0.4) is 0 Å². The van der Waals surface area contributed by atoms with Gasteiger partial charge in [0, 0.05) is 37.2 Å². The third kappa shape index (κ3) is 2.46. The highest BCUT2D eigenvalue weighted by atomic mass is 16.6. The van der Waals surface area contributed by atoms with E-state index in [0.717, 1.165) is 22.3 Å². The Balaban J connectivity index is 2.16. The van der Waals surface area contributed by atoms with Crippen molar-refractivity contribution in [3.8, 4) is 11.4 Å². The summed E-state index contributed by atoms with van der Waals surface area (Å²) in [4.78, 5) is 21.4. The van der Waals surface area contributed by atoms with E-state index in [0.29, 0.717) is 5.82 Å². The van der Waals surface area contributed by atoms with Crippen LogP contribution in [0.15, 0.2) is 48.5 Å². The number of anilines is 1. The monoisotopic (exact) mass is 294 g/mol. The zero-order valence-electron chi connectivity index (χ0n) is 12.2. The highest BCUT2D eigenvalue weighted by Gasteiger charge is 2.12. The summed E-state index contributed by atoms with van der Waals surface area (Å²) in [7, 11) is 3.85. The van der Waals surface area contributed by atoms with Gasteiger partial charge in [0.25, 0.3) is 5.69 Å². The number of fused-ring (bicyclic) bond motifs is 1. The van der Waals surface area contributed by atoms with Crippen LogP contribution in [-0.2, 0) is 0 Å². The lowest BCUT2D eigenvalue weighted by atomic mass is 10.1. The van der Waals surface area contributed by atoms with Crippen LogP contribution in [0.1, 0.15) is 0 Å². The van der Waals surface area contributed by atoms with Gasteiger partial charge in [0.1, 0.15) is 5.82 Å². The van der Waals surface area contributed by atoms with Crippen LogP contribution in [0.25, 0.3) is 22.3 Å². The van der Waals surface area contributed by atoms with Crippen LogP contribution in [0.2, 0.25) is 0 Å². The van der Waals surface area contributed by atoms with Gasteiger partial charge in [-0.3, -0.25) is 10.1 Å². The molecule has 6 nitrogen and oxygen atoms in total. The molecule has 0 aliphatic heterocycles.